The quantitative estimate of drug-likeness (QED) is 0.402. The molecule has 0 heterocycles. The molecule has 1 aromatic carbocycles. The molecule has 0 saturated carbocycles. The van der Waals surface area contributed by atoms with Gasteiger partial charge in [-0.15, -0.1) is 0 Å². The molecule has 2 rings (SSSR count). The van der Waals surface area contributed by atoms with Crippen molar-refractivity contribution in [2.75, 3.05) is 6.61 Å². The smallest absolute Gasteiger partial charge is 0.224 e. The first-order valence-corrected chi connectivity index (χ1v) is 6.00. The summed E-state index contributed by atoms with van der Waals surface area (Å²) in [5.74, 6) is -4.44. The van der Waals surface area contributed by atoms with Crippen LogP contribution in [0.25, 0.3) is 0 Å². The SMILES string of the molecule is O=[N+]([O-])C1CC(CO)=CCC1c1cc(F)c(F)cc1F. The van der Waals surface area contributed by atoms with Crippen LogP contribution in [-0.2, 0) is 0 Å². The number of aliphatic hydroxyl groups is 1. The fraction of sp³-hybridized carbons (Fsp3) is 0.385. The molecule has 2 atom stereocenters. The Morgan fingerprint density at radius 3 is 2.50 bits per heavy atom. The van der Waals surface area contributed by atoms with Crippen LogP contribution < -0.4 is 0 Å². The van der Waals surface area contributed by atoms with Crippen molar-refractivity contribution in [2.24, 2.45) is 0 Å². The van der Waals surface area contributed by atoms with E-state index < -0.39 is 34.3 Å². The van der Waals surface area contributed by atoms with E-state index in [9.17, 15) is 23.3 Å². The zero-order valence-electron chi connectivity index (χ0n) is 10.4. The summed E-state index contributed by atoms with van der Waals surface area (Å²) in [6.07, 6.45) is 1.64. The number of nitrogens with zero attached hydrogens (tertiary/aromatic N) is 1. The van der Waals surface area contributed by atoms with Crippen LogP contribution in [0.5, 0.6) is 0 Å². The number of hydrogen-bond acceptors (Lipinski definition) is 3. The second-order valence-corrected chi connectivity index (χ2v) is 4.71. The minimum absolute atomic E-state index is 0.0351. The third-order valence-corrected chi connectivity index (χ3v) is 3.51. The van der Waals surface area contributed by atoms with Gasteiger partial charge in [-0.3, -0.25) is 10.1 Å². The molecule has 0 fully saturated rings. The minimum atomic E-state index is -1.33. The van der Waals surface area contributed by atoms with Gasteiger partial charge in [-0.2, -0.15) is 0 Å². The Morgan fingerprint density at radius 1 is 1.25 bits per heavy atom. The molecule has 1 aliphatic rings. The molecule has 0 aromatic heterocycles. The highest BCUT2D eigenvalue weighted by Crippen LogP contribution is 2.36. The lowest BCUT2D eigenvalue weighted by molar-refractivity contribution is -0.527. The van der Waals surface area contributed by atoms with E-state index in [-0.39, 0.29) is 25.0 Å². The number of rotatable bonds is 3. The number of nitro groups is 1. The maximum absolute atomic E-state index is 13.7. The first-order chi connectivity index (χ1) is 9.43. The van der Waals surface area contributed by atoms with E-state index in [4.69, 9.17) is 5.11 Å². The fourth-order valence-corrected chi connectivity index (χ4v) is 2.45. The second kappa shape index (κ2) is 5.62. The monoisotopic (exact) mass is 287 g/mol. The van der Waals surface area contributed by atoms with Crippen molar-refractivity contribution in [3.05, 3.63) is 56.9 Å². The molecule has 2 unspecified atom stereocenters. The lowest BCUT2D eigenvalue weighted by Gasteiger charge is -2.25. The molecule has 1 aliphatic carbocycles. The minimum Gasteiger partial charge on any atom is -0.392 e. The van der Waals surface area contributed by atoms with E-state index in [0.29, 0.717) is 17.7 Å². The maximum Gasteiger partial charge on any atom is 0.224 e. The third-order valence-electron chi connectivity index (χ3n) is 3.51. The standard InChI is InChI=1S/C13H12F3NO3/c14-10-5-12(16)11(15)4-9(10)8-2-1-7(6-18)3-13(8)17(19)20/h1,4-5,8,13,18H,2-3,6H2. The van der Waals surface area contributed by atoms with E-state index in [2.05, 4.69) is 0 Å². The van der Waals surface area contributed by atoms with Crippen LogP contribution in [0.1, 0.15) is 24.3 Å². The van der Waals surface area contributed by atoms with Crippen LogP contribution in [0.2, 0.25) is 0 Å². The first kappa shape index (κ1) is 14.5. The second-order valence-electron chi connectivity index (χ2n) is 4.71. The summed E-state index contributed by atoms with van der Waals surface area (Å²) < 4.78 is 39.9. The number of benzene rings is 1. The largest absolute Gasteiger partial charge is 0.392 e. The van der Waals surface area contributed by atoms with Gasteiger partial charge < -0.3 is 5.11 Å². The van der Waals surface area contributed by atoms with Gasteiger partial charge in [0.05, 0.1) is 12.5 Å². The Labute approximate surface area is 112 Å². The molecule has 0 spiro atoms. The summed E-state index contributed by atoms with van der Waals surface area (Å²) in [5, 5.41) is 20.1. The molecule has 1 N–H and O–H groups in total. The molecule has 0 radical (unpaired) electrons. The molecule has 7 heteroatoms. The van der Waals surface area contributed by atoms with Crippen LogP contribution in [-0.4, -0.2) is 22.7 Å². The molecule has 0 saturated heterocycles. The van der Waals surface area contributed by atoms with Gasteiger partial charge in [-0.05, 0) is 18.1 Å². The zero-order chi connectivity index (χ0) is 14.9. The van der Waals surface area contributed by atoms with Gasteiger partial charge in [-0.1, -0.05) is 6.08 Å². The summed E-state index contributed by atoms with van der Waals surface area (Å²) in [5.41, 5.74) is 0.282. The van der Waals surface area contributed by atoms with E-state index in [1.54, 1.807) is 6.08 Å². The Balaban J connectivity index is 2.42. The zero-order valence-corrected chi connectivity index (χ0v) is 10.4. The first-order valence-electron chi connectivity index (χ1n) is 6.00. The molecular formula is C13H12F3NO3. The molecule has 20 heavy (non-hydrogen) atoms. The molecule has 1 aromatic rings. The van der Waals surface area contributed by atoms with Gasteiger partial charge in [0.2, 0.25) is 6.04 Å². The van der Waals surface area contributed by atoms with E-state index >= 15 is 0 Å². The topological polar surface area (TPSA) is 63.4 Å². The lowest BCUT2D eigenvalue weighted by Crippen LogP contribution is -2.31. The van der Waals surface area contributed by atoms with Crippen molar-refractivity contribution in [3.63, 3.8) is 0 Å². The van der Waals surface area contributed by atoms with Crippen molar-refractivity contribution in [3.8, 4) is 0 Å². The van der Waals surface area contributed by atoms with Gasteiger partial charge in [0, 0.05) is 23.0 Å². The number of halogens is 3. The molecule has 0 bridgehead atoms. The molecule has 0 amide bonds. The normalized spacial score (nSPS) is 22.5. The molecular weight excluding hydrogens is 275 g/mol. The molecule has 108 valence electrons. The molecule has 4 nitrogen and oxygen atoms in total. The van der Waals surface area contributed by atoms with Crippen molar-refractivity contribution >= 4 is 0 Å². The maximum atomic E-state index is 13.7. The van der Waals surface area contributed by atoms with E-state index in [1.165, 1.54) is 0 Å². The predicted molar refractivity (Wildman–Crippen MR) is 64.2 cm³/mol. The summed E-state index contributed by atoms with van der Waals surface area (Å²) in [7, 11) is 0. The van der Waals surface area contributed by atoms with Gasteiger partial charge in [0.1, 0.15) is 5.82 Å². The highest BCUT2D eigenvalue weighted by molar-refractivity contribution is 5.28. The van der Waals surface area contributed by atoms with Crippen LogP contribution in [0.15, 0.2) is 23.8 Å². The van der Waals surface area contributed by atoms with Crippen molar-refractivity contribution in [1.29, 1.82) is 0 Å². The van der Waals surface area contributed by atoms with Crippen molar-refractivity contribution in [2.45, 2.75) is 24.8 Å². The Bertz CT molecular complexity index is 574. The van der Waals surface area contributed by atoms with Gasteiger partial charge >= 0.3 is 0 Å². The number of allylic oxidation sites excluding steroid dienone is 1. The highest BCUT2D eigenvalue weighted by atomic mass is 19.2. The van der Waals surface area contributed by atoms with Gasteiger partial charge in [0.15, 0.2) is 11.6 Å². The van der Waals surface area contributed by atoms with E-state index in [0.717, 1.165) is 0 Å². The summed E-state index contributed by atoms with van der Waals surface area (Å²) >= 11 is 0. The van der Waals surface area contributed by atoms with Crippen molar-refractivity contribution in [1.82, 2.24) is 0 Å². The Kier molecular flexibility index (Phi) is 4.08. The number of hydrogen-bond donors (Lipinski definition) is 1. The average molecular weight is 287 g/mol. The Morgan fingerprint density at radius 2 is 1.90 bits per heavy atom. The predicted octanol–water partition coefficient (Wildman–Crippen LogP) is 2.55. The fourth-order valence-electron chi connectivity index (χ4n) is 2.45. The van der Waals surface area contributed by atoms with Crippen LogP contribution in [0, 0.1) is 27.6 Å². The number of aliphatic hydroxyl groups excluding tert-OH is 1. The summed E-state index contributed by atoms with van der Waals surface area (Å²) in [6, 6.07) is -0.0992. The van der Waals surface area contributed by atoms with Gasteiger partial charge in [0.25, 0.3) is 0 Å². The van der Waals surface area contributed by atoms with Crippen LogP contribution in [0.3, 0.4) is 0 Å². The van der Waals surface area contributed by atoms with Gasteiger partial charge in [-0.25, -0.2) is 13.2 Å². The van der Waals surface area contributed by atoms with Crippen LogP contribution in [0.4, 0.5) is 13.2 Å². The highest BCUT2D eigenvalue weighted by Gasteiger charge is 2.37. The van der Waals surface area contributed by atoms with E-state index in [1.807, 2.05) is 0 Å². The average Bonchev–Trinajstić information content (AvgIpc) is 2.42. The Hall–Kier alpha value is -1.89. The van der Waals surface area contributed by atoms with Crippen molar-refractivity contribution < 1.29 is 23.2 Å². The molecule has 0 aliphatic heterocycles. The third kappa shape index (κ3) is 2.67. The lowest BCUT2D eigenvalue weighted by atomic mass is 9.80. The van der Waals surface area contributed by atoms with Crippen LogP contribution >= 0.6 is 0 Å². The summed E-state index contributed by atoms with van der Waals surface area (Å²) in [6.45, 7) is -0.308. The summed E-state index contributed by atoms with van der Waals surface area (Å²) in [4.78, 5) is 10.5.